The molecule has 0 saturated carbocycles. The van der Waals surface area contributed by atoms with Gasteiger partial charge in [-0.2, -0.15) is 0 Å². The average Bonchev–Trinajstić information content (AvgIpc) is 3.04. The molecule has 3 rings (SSSR count). The van der Waals surface area contributed by atoms with Crippen molar-refractivity contribution in [1.29, 1.82) is 0 Å². The van der Waals surface area contributed by atoms with Crippen molar-refractivity contribution in [2.24, 2.45) is 7.05 Å². The van der Waals surface area contributed by atoms with E-state index in [2.05, 4.69) is 5.16 Å². The van der Waals surface area contributed by atoms with E-state index in [0.717, 1.165) is 22.3 Å². The van der Waals surface area contributed by atoms with Crippen molar-refractivity contribution >= 4 is 16.9 Å². The number of aryl methyl sites for hydroxylation is 1. The lowest BCUT2D eigenvalue weighted by atomic mass is 10.2. The first-order valence-electron chi connectivity index (χ1n) is 5.94. The summed E-state index contributed by atoms with van der Waals surface area (Å²) < 4.78 is 12.3. The molecule has 0 aliphatic carbocycles. The van der Waals surface area contributed by atoms with Crippen LogP contribution in [0.2, 0.25) is 0 Å². The molecule has 102 valence electrons. The highest BCUT2D eigenvalue weighted by atomic mass is 16.5. The lowest BCUT2D eigenvalue weighted by molar-refractivity contribution is 0.0686. The Balaban J connectivity index is 2.20. The average molecular weight is 272 g/mol. The van der Waals surface area contributed by atoms with E-state index >= 15 is 0 Å². The minimum absolute atomic E-state index is 0.114. The molecule has 1 N–H and O–H groups in total. The van der Waals surface area contributed by atoms with Crippen molar-refractivity contribution in [3.05, 3.63) is 36.0 Å². The Morgan fingerprint density at radius 3 is 2.85 bits per heavy atom. The van der Waals surface area contributed by atoms with Crippen LogP contribution in [-0.2, 0) is 7.05 Å². The second-order valence-corrected chi connectivity index (χ2v) is 4.36. The second-order valence-electron chi connectivity index (χ2n) is 4.36. The predicted octanol–water partition coefficient (Wildman–Crippen LogP) is 2.54. The number of hydrogen-bond acceptors (Lipinski definition) is 4. The van der Waals surface area contributed by atoms with Crippen LogP contribution in [0.4, 0.5) is 0 Å². The summed E-state index contributed by atoms with van der Waals surface area (Å²) in [4.78, 5) is 10.9. The van der Waals surface area contributed by atoms with Gasteiger partial charge in [0.2, 0.25) is 0 Å². The quantitative estimate of drug-likeness (QED) is 0.792. The largest absolute Gasteiger partial charge is 0.496 e. The van der Waals surface area contributed by atoms with Crippen molar-refractivity contribution in [1.82, 2.24) is 9.72 Å². The second kappa shape index (κ2) is 4.41. The molecule has 3 aromatic rings. The topological polar surface area (TPSA) is 77.5 Å². The number of fused-ring (bicyclic) bond motifs is 1. The zero-order chi connectivity index (χ0) is 14.3. The summed E-state index contributed by atoms with van der Waals surface area (Å²) in [6, 6.07) is 9.02. The van der Waals surface area contributed by atoms with Crippen LogP contribution in [0.5, 0.6) is 5.75 Å². The highest BCUT2D eigenvalue weighted by molar-refractivity contribution is 5.92. The van der Waals surface area contributed by atoms with Gasteiger partial charge in [-0.25, -0.2) is 4.79 Å². The Morgan fingerprint density at radius 2 is 2.20 bits per heavy atom. The van der Waals surface area contributed by atoms with Crippen LogP contribution >= 0.6 is 0 Å². The number of ether oxygens (including phenoxy) is 1. The highest BCUT2D eigenvalue weighted by Crippen LogP contribution is 2.32. The number of carboxylic acid groups (broad SMARTS) is 1. The van der Waals surface area contributed by atoms with Crippen LogP contribution < -0.4 is 4.74 Å². The Kier molecular flexibility index (Phi) is 2.71. The molecule has 0 atom stereocenters. The van der Waals surface area contributed by atoms with E-state index in [1.807, 2.05) is 35.9 Å². The molecule has 0 fully saturated rings. The maximum absolute atomic E-state index is 10.9. The van der Waals surface area contributed by atoms with Crippen molar-refractivity contribution in [2.45, 2.75) is 0 Å². The number of carboxylic acids is 1. The number of aromatic carboxylic acids is 1. The molecule has 6 nitrogen and oxygen atoms in total. The van der Waals surface area contributed by atoms with Gasteiger partial charge in [0.1, 0.15) is 5.75 Å². The standard InChI is InChI=1S/C14H12N2O4/c1-16-10-4-3-5-12(19-2)8(10)6-11(16)13-7-9(14(17)18)15-20-13/h3-7H,1-2H3,(H,17,18). The smallest absolute Gasteiger partial charge is 0.358 e. The molecule has 2 heterocycles. The van der Waals surface area contributed by atoms with E-state index in [1.54, 1.807) is 7.11 Å². The van der Waals surface area contributed by atoms with Gasteiger partial charge < -0.3 is 18.9 Å². The zero-order valence-electron chi connectivity index (χ0n) is 11.0. The van der Waals surface area contributed by atoms with Crippen LogP contribution in [0, 0.1) is 0 Å². The fourth-order valence-electron chi connectivity index (χ4n) is 2.24. The lowest BCUT2D eigenvalue weighted by Crippen LogP contribution is -1.94. The van der Waals surface area contributed by atoms with Gasteiger partial charge in [0.05, 0.1) is 18.3 Å². The minimum Gasteiger partial charge on any atom is -0.496 e. The maximum atomic E-state index is 10.9. The van der Waals surface area contributed by atoms with Crippen molar-refractivity contribution in [2.75, 3.05) is 7.11 Å². The van der Waals surface area contributed by atoms with Gasteiger partial charge in [0.15, 0.2) is 11.5 Å². The number of rotatable bonds is 3. The summed E-state index contributed by atoms with van der Waals surface area (Å²) in [5.74, 6) is 0.0434. The first-order valence-corrected chi connectivity index (χ1v) is 5.94. The molecule has 6 heteroatoms. The fourth-order valence-corrected chi connectivity index (χ4v) is 2.24. The molecule has 2 aromatic heterocycles. The Hall–Kier alpha value is -2.76. The number of hydrogen-bond donors (Lipinski definition) is 1. The van der Waals surface area contributed by atoms with Gasteiger partial charge in [0.25, 0.3) is 0 Å². The number of aromatic nitrogens is 2. The highest BCUT2D eigenvalue weighted by Gasteiger charge is 2.17. The number of benzene rings is 1. The third-order valence-electron chi connectivity index (χ3n) is 3.25. The van der Waals surface area contributed by atoms with Crippen molar-refractivity contribution in [3.63, 3.8) is 0 Å². The van der Waals surface area contributed by atoms with E-state index in [9.17, 15) is 4.79 Å². The molecule has 0 amide bonds. The number of carbonyl (C=O) groups is 1. The third-order valence-corrected chi connectivity index (χ3v) is 3.25. The van der Waals surface area contributed by atoms with Crippen LogP contribution in [0.25, 0.3) is 22.4 Å². The van der Waals surface area contributed by atoms with Gasteiger partial charge in [-0.15, -0.1) is 0 Å². The molecule has 20 heavy (non-hydrogen) atoms. The van der Waals surface area contributed by atoms with Crippen LogP contribution in [0.15, 0.2) is 34.9 Å². The van der Waals surface area contributed by atoms with E-state index in [0.29, 0.717) is 5.76 Å². The van der Waals surface area contributed by atoms with Gasteiger partial charge in [-0.1, -0.05) is 11.2 Å². The SMILES string of the molecule is COc1cccc2c1cc(-c1cc(C(=O)O)no1)n2C. The molecular formula is C14H12N2O4. The maximum Gasteiger partial charge on any atom is 0.358 e. The van der Waals surface area contributed by atoms with Gasteiger partial charge >= 0.3 is 5.97 Å². The minimum atomic E-state index is -1.11. The normalized spacial score (nSPS) is 10.9. The van der Waals surface area contributed by atoms with Gasteiger partial charge in [-0.3, -0.25) is 0 Å². The van der Waals surface area contributed by atoms with Crippen molar-refractivity contribution in [3.8, 4) is 17.2 Å². The summed E-state index contributed by atoms with van der Waals surface area (Å²) in [5, 5.41) is 13.3. The molecule has 0 spiro atoms. The first-order chi connectivity index (χ1) is 9.61. The third kappa shape index (κ3) is 1.73. The Bertz CT molecular complexity index is 801. The summed E-state index contributed by atoms with van der Waals surface area (Å²) in [7, 11) is 3.48. The van der Waals surface area contributed by atoms with E-state index in [1.165, 1.54) is 6.07 Å². The monoisotopic (exact) mass is 272 g/mol. The van der Waals surface area contributed by atoms with Crippen molar-refractivity contribution < 1.29 is 19.2 Å². The molecule has 0 saturated heterocycles. The van der Waals surface area contributed by atoms with Gasteiger partial charge in [0, 0.05) is 18.5 Å². The number of methoxy groups -OCH3 is 1. The van der Waals surface area contributed by atoms with Crippen LogP contribution in [0.3, 0.4) is 0 Å². The fraction of sp³-hybridized carbons (Fsp3) is 0.143. The molecule has 1 aromatic carbocycles. The summed E-state index contributed by atoms with van der Waals surface area (Å²) in [6.07, 6.45) is 0. The lowest BCUT2D eigenvalue weighted by Gasteiger charge is -2.02. The molecule has 0 aliphatic heterocycles. The predicted molar refractivity (Wildman–Crippen MR) is 71.9 cm³/mol. The summed E-state index contributed by atoms with van der Waals surface area (Å²) in [6.45, 7) is 0. The molecule has 0 radical (unpaired) electrons. The van der Waals surface area contributed by atoms with Crippen LogP contribution in [-0.4, -0.2) is 27.9 Å². The summed E-state index contributed by atoms with van der Waals surface area (Å²) >= 11 is 0. The molecule has 0 aliphatic rings. The van der Waals surface area contributed by atoms with E-state index < -0.39 is 5.97 Å². The first kappa shape index (κ1) is 12.3. The molecule has 0 bridgehead atoms. The van der Waals surface area contributed by atoms with E-state index in [4.69, 9.17) is 14.4 Å². The molecular weight excluding hydrogens is 260 g/mol. The molecule has 0 unspecified atom stereocenters. The van der Waals surface area contributed by atoms with E-state index in [-0.39, 0.29) is 5.69 Å². The Labute approximate surface area is 114 Å². The zero-order valence-corrected chi connectivity index (χ0v) is 11.0. The Morgan fingerprint density at radius 1 is 1.40 bits per heavy atom. The number of nitrogens with zero attached hydrogens (tertiary/aromatic N) is 2. The van der Waals surface area contributed by atoms with Gasteiger partial charge in [-0.05, 0) is 18.2 Å². The van der Waals surface area contributed by atoms with Crippen LogP contribution in [0.1, 0.15) is 10.5 Å². The summed E-state index contributed by atoms with van der Waals surface area (Å²) in [5.41, 5.74) is 1.59.